The normalized spacial score (nSPS) is 18.8. The van der Waals surface area contributed by atoms with E-state index in [9.17, 15) is 0 Å². The van der Waals surface area contributed by atoms with E-state index in [1.165, 1.54) is 5.56 Å². The van der Waals surface area contributed by atoms with Crippen LogP contribution in [0.3, 0.4) is 0 Å². The molecule has 2 rings (SSSR count). The molecule has 1 unspecified atom stereocenters. The van der Waals surface area contributed by atoms with Gasteiger partial charge in [-0.2, -0.15) is 0 Å². The Morgan fingerprint density at radius 1 is 1.38 bits per heavy atom. The van der Waals surface area contributed by atoms with Gasteiger partial charge >= 0.3 is 0 Å². The summed E-state index contributed by atoms with van der Waals surface area (Å²) >= 11 is 6.13. The lowest BCUT2D eigenvalue weighted by Gasteiger charge is -2.37. The van der Waals surface area contributed by atoms with Gasteiger partial charge in [0.1, 0.15) is 0 Å². The van der Waals surface area contributed by atoms with Gasteiger partial charge in [-0.25, -0.2) is 0 Å². The van der Waals surface area contributed by atoms with Gasteiger partial charge in [-0.05, 0) is 49.9 Å². The molecule has 1 aliphatic heterocycles. The lowest BCUT2D eigenvalue weighted by molar-refractivity contribution is -0.00295. The summed E-state index contributed by atoms with van der Waals surface area (Å²) in [6.07, 6.45) is 4.70. The Morgan fingerprint density at radius 3 is 2.76 bits per heavy atom. The van der Waals surface area contributed by atoms with Gasteiger partial charge in [-0.15, -0.1) is 0 Å². The average Bonchev–Trinajstić information content (AvgIpc) is 2.50. The van der Waals surface area contributed by atoms with E-state index in [-0.39, 0.29) is 0 Å². The van der Waals surface area contributed by atoms with E-state index in [4.69, 9.17) is 22.1 Å². The third kappa shape index (κ3) is 4.96. The number of benzene rings is 1. The molecule has 2 N–H and O–H groups in total. The molecule has 0 aromatic heterocycles. The van der Waals surface area contributed by atoms with Crippen molar-refractivity contribution in [3.8, 4) is 0 Å². The first-order valence-electron chi connectivity index (χ1n) is 8.05. The summed E-state index contributed by atoms with van der Waals surface area (Å²) < 4.78 is 5.88. The summed E-state index contributed by atoms with van der Waals surface area (Å²) in [5, 5.41) is 0.825. The van der Waals surface area contributed by atoms with Gasteiger partial charge < -0.3 is 10.5 Å². The Hall–Kier alpha value is -0.610. The van der Waals surface area contributed by atoms with Crippen LogP contribution in [0, 0.1) is 0 Å². The van der Waals surface area contributed by atoms with Crippen molar-refractivity contribution in [1.29, 1.82) is 0 Å². The van der Waals surface area contributed by atoms with Gasteiger partial charge in [0, 0.05) is 30.8 Å². The molecule has 0 spiro atoms. The molecule has 0 bridgehead atoms. The monoisotopic (exact) mass is 310 g/mol. The van der Waals surface area contributed by atoms with E-state index in [1.807, 2.05) is 12.1 Å². The molecule has 3 nitrogen and oxygen atoms in total. The van der Waals surface area contributed by atoms with Gasteiger partial charge in [0.2, 0.25) is 0 Å². The smallest absolute Gasteiger partial charge is 0.0599 e. The van der Waals surface area contributed by atoms with Crippen molar-refractivity contribution in [2.45, 2.75) is 44.8 Å². The van der Waals surface area contributed by atoms with E-state index >= 15 is 0 Å². The first-order valence-corrected chi connectivity index (χ1v) is 8.43. The van der Waals surface area contributed by atoms with Crippen LogP contribution in [0.4, 0.5) is 0 Å². The maximum atomic E-state index is 6.13. The molecule has 0 amide bonds. The highest BCUT2D eigenvalue weighted by molar-refractivity contribution is 6.30. The van der Waals surface area contributed by atoms with Crippen molar-refractivity contribution in [2.75, 3.05) is 26.2 Å². The minimum Gasteiger partial charge on any atom is -0.378 e. The topological polar surface area (TPSA) is 38.5 Å². The fraction of sp³-hybridized carbons (Fsp3) is 0.647. The second kappa shape index (κ2) is 8.74. The molecule has 1 saturated heterocycles. The molecule has 4 heteroatoms. The van der Waals surface area contributed by atoms with Crippen LogP contribution in [0.5, 0.6) is 0 Å². The summed E-state index contributed by atoms with van der Waals surface area (Å²) in [6.45, 7) is 5.95. The number of likely N-dealkylation sites (tertiary alicyclic amines) is 1. The Morgan fingerprint density at radius 2 is 2.14 bits per heavy atom. The highest BCUT2D eigenvalue weighted by Crippen LogP contribution is 2.29. The van der Waals surface area contributed by atoms with Crippen molar-refractivity contribution < 1.29 is 4.74 Å². The lowest BCUT2D eigenvalue weighted by atomic mass is 9.98. The zero-order valence-electron chi connectivity index (χ0n) is 12.9. The highest BCUT2D eigenvalue weighted by Gasteiger charge is 2.25. The fourth-order valence-corrected chi connectivity index (χ4v) is 3.30. The predicted octanol–water partition coefficient (Wildman–Crippen LogP) is 3.62. The van der Waals surface area contributed by atoms with Crippen LogP contribution < -0.4 is 5.73 Å². The Balaban J connectivity index is 1.87. The summed E-state index contributed by atoms with van der Waals surface area (Å²) in [5.41, 5.74) is 6.83. The van der Waals surface area contributed by atoms with Gasteiger partial charge in [0.15, 0.2) is 0 Å². The Bertz CT molecular complexity index is 419. The van der Waals surface area contributed by atoms with Crippen LogP contribution in [0.15, 0.2) is 24.3 Å². The molecular weight excluding hydrogens is 284 g/mol. The van der Waals surface area contributed by atoms with Crippen molar-refractivity contribution in [3.05, 3.63) is 34.9 Å². The first kappa shape index (κ1) is 16.8. The number of halogens is 1. The average molecular weight is 311 g/mol. The molecule has 1 aromatic carbocycles. The van der Waals surface area contributed by atoms with Crippen LogP contribution in [0.2, 0.25) is 5.02 Å². The van der Waals surface area contributed by atoms with Crippen LogP contribution in [0.25, 0.3) is 0 Å². The number of piperidine rings is 1. The standard InChI is InChI=1S/C17H27ClN2O/c1-2-17(14-5-3-6-15(18)13-14)20-10-7-16(8-11-20)21-12-4-9-19/h3,5-6,13,16-17H,2,4,7-12,19H2,1H3. The van der Waals surface area contributed by atoms with Crippen LogP contribution >= 0.6 is 11.6 Å². The second-order valence-electron chi connectivity index (χ2n) is 5.73. The van der Waals surface area contributed by atoms with Gasteiger partial charge in [0.25, 0.3) is 0 Å². The predicted molar refractivity (Wildman–Crippen MR) is 88.7 cm³/mol. The zero-order valence-corrected chi connectivity index (χ0v) is 13.7. The SMILES string of the molecule is CCC(c1cccc(Cl)c1)N1CCC(OCCCN)CC1. The molecule has 1 aliphatic rings. The number of nitrogens with zero attached hydrogens (tertiary/aromatic N) is 1. The summed E-state index contributed by atoms with van der Waals surface area (Å²) in [7, 11) is 0. The largest absolute Gasteiger partial charge is 0.378 e. The molecule has 0 aliphatic carbocycles. The van der Waals surface area contributed by atoms with E-state index < -0.39 is 0 Å². The van der Waals surface area contributed by atoms with Crippen LogP contribution in [0.1, 0.15) is 44.2 Å². The third-order valence-corrected chi connectivity index (χ3v) is 4.47. The molecule has 0 saturated carbocycles. The molecule has 1 atom stereocenters. The number of ether oxygens (including phenoxy) is 1. The number of hydrogen-bond acceptors (Lipinski definition) is 3. The maximum Gasteiger partial charge on any atom is 0.0599 e. The van der Waals surface area contributed by atoms with E-state index in [1.54, 1.807) is 0 Å². The van der Waals surface area contributed by atoms with Crippen molar-refractivity contribution >= 4 is 11.6 Å². The molecular formula is C17H27ClN2O. The van der Waals surface area contributed by atoms with E-state index in [0.717, 1.165) is 50.4 Å². The second-order valence-corrected chi connectivity index (χ2v) is 6.16. The van der Waals surface area contributed by atoms with Gasteiger partial charge in [-0.3, -0.25) is 4.90 Å². The summed E-state index contributed by atoms with van der Waals surface area (Å²) in [5.74, 6) is 0. The molecule has 1 fully saturated rings. The summed E-state index contributed by atoms with van der Waals surface area (Å²) in [6, 6.07) is 8.73. The zero-order chi connectivity index (χ0) is 15.1. The van der Waals surface area contributed by atoms with Gasteiger partial charge in [0.05, 0.1) is 6.10 Å². The number of hydrogen-bond donors (Lipinski definition) is 1. The quantitative estimate of drug-likeness (QED) is 0.782. The number of nitrogens with two attached hydrogens (primary N) is 1. The van der Waals surface area contributed by atoms with Crippen molar-refractivity contribution in [2.24, 2.45) is 5.73 Å². The minimum atomic E-state index is 0.407. The third-order valence-electron chi connectivity index (χ3n) is 4.24. The van der Waals surface area contributed by atoms with Crippen LogP contribution in [-0.4, -0.2) is 37.2 Å². The van der Waals surface area contributed by atoms with Crippen molar-refractivity contribution in [1.82, 2.24) is 4.90 Å². The fourth-order valence-electron chi connectivity index (χ4n) is 3.11. The molecule has 0 radical (unpaired) electrons. The molecule has 118 valence electrons. The first-order chi connectivity index (χ1) is 10.2. The Labute approximate surface area is 133 Å². The maximum absolute atomic E-state index is 6.13. The highest BCUT2D eigenvalue weighted by atomic mass is 35.5. The summed E-state index contributed by atoms with van der Waals surface area (Å²) in [4.78, 5) is 2.56. The molecule has 21 heavy (non-hydrogen) atoms. The minimum absolute atomic E-state index is 0.407. The lowest BCUT2D eigenvalue weighted by Crippen LogP contribution is -2.39. The van der Waals surface area contributed by atoms with Gasteiger partial charge in [-0.1, -0.05) is 30.7 Å². The Kier molecular flexibility index (Phi) is 6.97. The molecule has 1 heterocycles. The van der Waals surface area contributed by atoms with Crippen LogP contribution in [-0.2, 0) is 4.74 Å². The van der Waals surface area contributed by atoms with E-state index in [2.05, 4.69) is 24.0 Å². The molecule has 1 aromatic rings. The van der Waals surface area contributed by atoms with E-state index in [0.29, 0.717) is 18.7 Å². The number of rotatable bonds is 7. The van der Waals surface area contributed by atoms with Crippen molar-refractivity contribution in [3.63, 3.8) is 0 Å².